The van der Waals surface area contributed by atoms with Crippen molar-refractivity contribution in [3.63, 3.8) is 0 Å². The van der Waals surface area contributed by atoms with Crippen molar-refractivity contribution in [2.45, 2.75) is 11.8 Å². The first-order valence-electron chi connectivity index (χ1n) is 10.6. The molecule has 0 atom stereocenters. The first-order chi connectivity index (χ1) is 16.3. The van der Waals surface area contributed by atoms with Crippen LogP contribution < -0.4 is 5.32 Å². The number of nitrogens with one attached hydrogen (secondary N) is 1. The van der Waals surface area contributed by atoms with Gasteiger partial charge in [0.2, 0.25) is 10.0 Å². The molecular weight excluding hydrogens is 460 g/mol. The fourth-order valence-electron chi connectivity index (χ4n) is 3.44. The number of morpholine rings is 1. The van der Waals surface area contributed by atoms with E-state index >= 15 is 0 Å². The normalized spacial score (nSPS) is 14.5. The fraction of sp³-hybridized carbons (Fsp3) is 0.261. The van der Waals surface area contributed by atoms with Gasteiger partial charge in [0.05, 0.1) is 35.6 Å². The predicted octanol–water partition coefficient (Wildman–Crippen LogP) is 2.00. The van der Waals surface area contributed by atoms with Crippen LogP contribution in [0.1, 0.15) is 15.9 Å². The Hall–Kier alpha value is -3.54. The van der Waals surface area contributed by atoms with Crippen LogP contribution in [0.5, 0.6) is 0 Å². The lowest BCUT2D eigenvalue weighted by atomic mass is 10.2. The van der Waals surface area contributed by atoms with Gasteiger partial charge in [-0.25, -0.2) is 17.9 Å². The Kier molecular flexibility index (Phi) is 7.06. The third-order valence-electron chi connectivity index (χ3n) is 5.23. The lowest BCUT2D eigenvalue weighted by molar-refractivity contribution is -0.119. The van der Waals surface area contributed by atoms with E-state index in [2.05, 4.69) is 10.4 Å². The van der Waals surface area contributed by atoms with Crippen molar-refractivity contribution in [2.24, 2.45) is 0 Å². The highest BCUT2D eigenvalue weighted by molar-refractivity contribution is 7.89. The van der Waals surface area contributed by atoms with Gasteiger partial charge in [-0.3, -0.25) is 4.79 Å². The second kappa shape index (κ2) is 10.2. The smallest absolute Gasteiger partial charge is 0.341 e. The van der Waals surface area contributed by atoms with Gasteiger partial charge in [0.25, 0.3) is 5.91 Å². The molecule has 0 aliphatic carbocycles. The molecule has 2 aromatic carbocycles. The number of hydrogen-bond donors (Lipinski definition) is 1. The molecule has 178 valence electrons. The van der Waals surface area contributed by atoms with Gasteiger partial charge in [-0.15, -0.1) is 0 Å². The average Bonchev–Trinajstić information content (AvgIpc) is 3.35. The first kappa shape index (κ1) is 23.6. The molecule has 4 rings (SSSR count). The van der Waals surface area contributed by atoms with Gasteiger partial charge in [-0.1, -0.05) is 24.3 Å². The van der Waals surface area contributed by atoms with E-state index in [-0.39, 0.29) is 29.2 Å². The number of sulfonamides is 1. The zero-order valence-corrected chi connectivity index (χ0v) is 19.3. The topological polar surface area (TPSA) is 120 Å². The molecule has 0 radical (unpaired) electrons. The summed E-state index contributed by atoms with van der Waals surface area (Å²) in [6.07, 6.45) is 2.87. The molecule has 1 aromatic heterocycles. The van der Waals surface area contributed by atoms with Gasteiger partial charge in [0.15, 0.2) is 6.61 Å². The Morgan fingerprint density at radius 1 is 1.12 bits per heavy atom. The maximum Gasteiger partial charge on any atom is 0.341 e. The molecule has 1 saturated heterocycles. The van der Waals surface area contributed by atoms with Crippen molar-refractivity contribution >= 4 is 27.6 Å². The molecule has 3 aromatic rings. The Bertz CT molecular complexity index is 1280. The minimum Gasteiger partial charge on any atom is -0.452 e. The van der Waals surface area contributed by atoms with Gasteiger partial charge >= 0.3 is 5.97 Å². The summed E-state index contributed by atoms with van der Waals surface area (Å²) in [5.41, 5.74) is 1.83. The van der Waals surface area contributed by atoms with Crippen molar-refractivity contribution in [3.05, 3.63) is 72.1 Å². The average molecular weight is 485 g/mol. The van der Waals surface area contributed by atoms with Crippen LogP contribution in [0.3, 0.4) is 0 Å². The van der Waals surface area contributed by atoms with Crippen LogP contribution in [0, 0.1) is 6.92 Å². The second-order valence-electron chi connectivity index (χ2n) is 7.63. The molecule has 2 heterocycles. The number of para-hydroxylation sites is 1. The largest absolute Gasteiger partial charge is 0.452 e. The third-order valence-corrected chi connectivity index (χ3v) is 7.27. The monoisotopic (exact) mass is 484 g/mol. The summed E-state index contributed by atoms with van der Waals surface area (Å²) < 4.78 is 39.2. The molecule has 10 nitrogen and oxygen atoms in total. The highest BCUT2D eigenvalue weighted by Gasteiger charge is 2.28. The minimum absolute atomic E-state index is 0.109. The standard InChI is InChI=1S/C23H24N4O6S/c1-17-7-8-19(13-21(17)34(30,31)26-9-11-32-12-10-26)25-22(28)16-33-23(29)18-14-24-27(15-18)20-5-3-2-4-6-20/h2-8,13-15H,9-12,16H2,1H3,(H,25,28). The highest BCUT2D eigenvalue weighted by Crippen LogP contribution is 2.24. The second-order valence-corrected chi connectivity index (χ2v) is 9.54. The number of benzene rings is 2. The van der Waals surface area contributed by atoms with Crippen molar-refractivity contribution < 1.29 is 27.5 Å². The molecule has 0 saturated carbocycles. The van der Waals surface area contributed by atoms with E-state index in [0.29, 0.717) is 18.8 Å². The van der Waals surface area contributed by atoms with Crippen LogP contribution in [0.25, 0.3) is 5.69 Å². The Morgan fingerprint density at radius 3 is 2.59 bits per heavy atom. The summed E-state index contributed by atoms with van der Waals surface area (Å²) >= 11 is 0. The number of ether oxygens (including phenoxy) is 2. The maximum absolute atomic E-state index is 13.0. The number of hydrogen-bond acceptors (Lipinski definition) is 7. The number of rotatable bonds is 7. The molecule has 11 heteroatoms. The van der Waals surface area contributed by atoms with Crippen LogP contribution in [-0.4, -0.2) is 67.3 Å². The molecule has 0 spiro atoms. The zero-order valence-electron chi connectivity index (χ0n) is 18.5. The van der Waals surface area contributed by atoms with E-state index in [1.54, 1.807) is 19.1 Å². The number of nitrogens with zero attached hydrogens (tertiary/aromatic N) is 3. The van der Waals surface area contributed by atoms with E-state index in [1.165, 1.54) is 27.4 Å². The van der Waals surface area contributed by atoms with Crippen molar-refractivity contribution in [2.75, 3.05) is 38.2 Å². The summed E-state index contributed by atoms with van der Waals surface area (Å²) in [5.74, 6) is -1.29. The van der Waals surface area contributed by atoms with E-state index in [4.69, 9.17) is 9.47 Å². The lowest BCUT2D eigenvalue weighted by Crippen LogP contribution is -2.40. The quantitative estimate of drug-likeness (QED) is 0.509. The molecular formula is C23H24N4O6S. The number of anilines is 1. The van der Waals surface area contributed by atoms with Gasteiger partial charge < -0.3 is 14.8 Å². The van der Waals surface area contributed by atoms with E-state index in [1.807, 2.05) is 30.3 Å². The first-order valence-corrected chi connectivity index (χ1v) is 12.0. The summed E-state index contributed by atoms with van der Waals surface area (Å²) in [4.78, 5) is 24.7. The lowest BCUT2D eigenvalue weighted by Gasteiger charge is -2.26. The zero-order chi connectivity index (χ0) is 24.1. The number of esters is 1. The molecule has 1 fully saturated rings. The van der Waals surface area contributed by atoms with E-state index < -0.39 is 28.5 Å². The molecule has 0 unspecified atom stereocenters. The highest BCUT2D eigenvalue weighted by atomic mass is 32.2. The van der Waals surface area contributed by atoms with Crippen molar-refractivity contribution in [3.8, 4) is 5.69 Å². The summed E-state index contributed by atoms with van der Waals surface area (Å²) in [7, 11) is -3.73. The van der Waals surface area contributed by atoms with Gasteiger partial charge in [-0.2, -0.15) is 9.40 Å². The molecule has 1 aliphatic rings. The van der Waals surface area contributed by atoms with Crippen LogP contribution in [0.4, 0.5) is 5.69 Å². The number of aryl methyl sites for hydroxylation is 1. The number of carbonyl (C=O) groups excluding carboxylic acids is 2. The summed E-state index contributed by atoms with van der Waals surface area (Å²) in [6, 6.07) is 13.9. The van der Waals surface area contributed by atoms with Gasteiger partial charge in [0, 0.05) is 25.0 Å². The van der Waals surface area contributed by atoms with Gasteiger partial charge in [0.1, 0.15) is 0 Å². The third kappa shape index (κ3) is 5.33. The summed E-state index contributed by atoms with van der Waals surface area (Å²) in [5, 5.41) is 6.71. The van der Waals surface area contributed by atoms with Crippen LogP contribution in [-0.2, 0) is 24.3 Å². The Balaban J connectivity index is 1.37. The van der Waals surface area contributed by atoms with Crippen molar-refractivity contribution in [1.82, 2.24) is 14.1 Å². The van der Waals surface area contributed by atoms with Crippen LogP contribution >= 0.6 is 0 Å². The molecule has 1 aliphatic heterocycles. The van der Waals surface area contributed by atoms with E-state index in [0.717, 1.165) is 5.69 Å². The van der Waals surface area contributed by atoms with Gasteiger partial charge in [-0.05, 0) is 36.8 Å². The number of carbonyl (C=O) groups is 2. The molecule has 34 heavy (non-hydrogen) atoms. The Labute approximate surface area is 197 Å². The van der Waals surface area contributed by atoms with Crippen LogP contribution in [0.15, 0.2) is 65.8 Å². The van der Waals surface area contributed by atoms with Crippen molar-refractivity contribution in [1.29, 1.82) is 0 Å². The molecule has 0 bridgehead atoms. The van der Waals surface area contributed by atoms with Crippen LogP contribution in [0.2, 0.25) is 0 Å². The predicted molar refractivity (Wildman–Crippen MR) is 123 cm³/mol. The summed E-state index contributed by atoms with van der Waals surface area (Å²) in [6.45, 7) is 2.38. The number of amides is 1. The van der Waals surface area contributed by atoms with E-state index in [9.17, 15) is 18.0 Å². The molecule has 1 N–H and O–H groups in total. The molecule has 1 amide bonds. The fourth-order valence-corrected chi connectivity index (χ4v) is 5.10. The minimum atomic E-state index is -3.73. The SMILES string of the molecule is Cc1ccc(NC(=O)COC(=O)c2cnn(-c3ccccc3)c2)cc1S(=O)(=O)N1CCOCC1. The maximum atomic E-state index is 13.0. The number of aromatic nitrogens is 2. The Morgan fingerprint density at radius 2 is 1.85 bits per heavy atom.